The van der Waals surface area contributed by atoms with Crippen molar-refractivity contribution in [2.24, 2.45) is 0 Å². The number of aromatic amines is 1. The van der Waals surface area contributed by atoms with E-state index in [9.17, 15) is 9.18 Å². The van der Waals surface area contributed by atoms with Gasteiger partial charge in [0.1, 0.15) is 5.82 Å². The Balaban J connectivity index is 1.64. The van der Waals surface area contributed by atoms with Crippen molar-refractivity contribution < 1.29 is 9.18 Å². The molecular formula is C23H19ClFN5O. The second-order valence-corrected chi connectivity index (χ2v) is 7.37. The first-order chi connectivity index (χ1) is 15.0. The number of benzene rings is 3. The first kappa shape index (κ1) is 20.7. The summed E-state index contributed by atoms with van der Waals surface area (Å²) in [6.07, 6.45) is 0.285. The fourth-order valence-corrected chi connectivity index (χ4v) is 3.57. The molecule has 1 N–H and O–H groups in total. The van der Waals surface area contributed by atoms with E-state index in [1.807, 2.05) is 48.5 Å². The predicted molar refractivity (Wildman–Crippen MR) is 118 cm³/mol. The molecule has 1 aromatic heterocycles. The van der Waals surface area contributed by atoms with Crippen LogP contribution in [0.5, 0.6) is 0 Å². The SMILES string of the molecule is CCC(=O)N(Cc1ccc(-c2ccccc2Cl)cc1)c1cc(F)cc(-c2nnn[nH]2)c1. The molecule has 0 aliphatic heterocycles. The maximum Gasteiger partial charge on any atom is 0.227 e. The quantitative estimate of drug-likeness (QED) is 0.447. The lowest BCUT2D eigenvalue weighted by atomic mass is 10.0. The van der Waals surface area contributed by atoms with Crippen molar-refractivity contribution in [3.05, 3.63) is 83.1 Å². The number of H-pyrrole nitrogens is 1. The van der Waals surface area contributed by atoms with E-state index in [-0.39, 0.29) is 12.3 Å². The fraction of sp³-hybridized carbons (Fsp3) is 0.130. The van der Waals surface area contributed by atoms with Gasteiger partial charge in [0.25, 0.3) is 0 Å². The van der Waals surface area contributed by atoms with Crippen molar-refractivity contribution in [1.29, 1.82) is 0 Å². The van der Waals surface area contributed by atoms with Crippen LogP contribution in [0.2, 0.25) is 5.02 Å². The number of tetrazole rings is 1. The minimum Gasteiger partial charge on any atom is -0.308 e. The van der Waals surface area contributed by atoms with Crippen LogP contribution in [-0.2, 0) is 11.3 Å². The van der Waals surface area contributed by atoms with Crippen molar-refractivity contribution >= 4 is 23.2 Å². The summed E-state index contributed by atoms with van der Waals surface area (Å²) in [6.45, 7) is 2.07. The van der Waals surface area contributed by atoms with E-state index in [4.69, 9.17) is 11.6 Å². The molecule has 0 aliphatic carbocycles. The smallest absolute Gasteiger partial charge is 0.227 e. The van der Waals surface area contributed by atoms with Gasteiger partial charge in [-0.05, 0) is 45.8 Å². The van der Waals surface area contributed by atoms with E-state index < -0.39 is 5.82 Å². The highest BCUT2D eigenvalue weighted by atomic mass is 35.5. The van der Waals surface area contributed by atoms with Crippen LogP contribution in [0.4, 0.5) is 10.1 Å². The number of amides is 1. The molecule has 1 amide bonds. The summed E-state index contributed by atoms with van der Waals surface area (Å²) in [5.41, 5.74) is 3.72. The minimum atomic E-state index is -0.480. The predicted octanol–water partition coefficient (Wildman–Crippen LogP) is 5.27. The lowest BCUT2D eigenvalue weighted by Crippen LogP contribution is -2.29. The van der Waals surface area contributed by atoms with Crippen LogP contribution < -0.4 is 4.90 Å². The summed E-state index contributed by atoms with van der Waals surface area (Å²) >= 11 is 6.29. The lowest BCUT2D eigenvalue weighted by Gasteiger charge is -2.23. The second-order valence-electron chi connectivity index (χ2n) is 6.96. The van der Waals surface area contributed by atoms with E-state index in [2.05, 4.69) is 20.6 Å². The van der Waals surface area contributed by atoms with Gasteiger partial charge in [0.05, 0.1) is 6.54 Å². The average Bonchev–Trinajstić information content (AvgIpc) is 3.32. The fourth-order valence-electron chi connectivity index (χ4n) is 3.33. The molecule has 0 spiro atoms. The molecule has 4 rings (SSSR count). The molecule has 1 heterocycles. The Labute approximate surface area is 183 Å². The summed E-state index contributed by atoms with van der Waals surface area (Å²) in [4.78, 5) is 14.3. The first-order valence-electron chi connectivity index (χ1n) is 9.74. The van der Waals surface area contributed by atoms with Gasteiger partial charge in [-0.1, -0.05) is 61.0 Å². The third-order valence-corrected chi connectivity index (χ3v) is 5.23. The van der Waals surface area contributed by atoms with Crippen LogP contribution in [0.25, 0.3) is 22.5 Å². The highest BCUT2D eigenvalue weighted by molar-refractivity contribution is 6.33. The zero-order chi connectivity index (χ0) is 21.8. The van der Waals surface area contributed by atoms with Crippen molar-refractivity contribution in [3.63, 3.8) is 0 Å². The zero-order valence-corrected chi connectivity index (χ0v) is 17.5. The summed E-state index contributed by atoms with van der Waals surface area (Å²) in [5, 5.41) is 14.2. The van der Waals surface area contributed by atoms with Crippen LogP contribution in [0.1, 0.15) is 18.9 Å². The minimum absolute atomic E-state index is 0.123. The Morgan fingerprint density at radius 3 is 2.52 bits per heavy atom. The van der Waals surface area contributed by atoms with Crippen LogP contribution in [0.3, 0.4) is 0 Å². The number of rotatable bonds is 6. The number of hydrogen-bond acceptors (Lipinski definition) is 4. The average molecular weight is 436 g/mol. The zero-order valence-electron chi connectivity index (χ0n) is 16.7. The molecule has 6 nitrogen and oxygen atoms in total. The highest BCUT2D eigenvalue weighted by Crippen LogP contribution is 2.29. The van der Waals surface area contributed by atoms with Crippen molar-refractivity contribution in [2.75, 3.05) is 4.90 Å². The molecular weight excluding hydrogens is 417 g/mol. The molecule has 31 heavy (non-hydrogen) atoms. The number of aromatic nitrogens is 4. The largest absolute Gasteiger partial charge is 0.308 e. The number of halogens is 2. The van der Waals surface area contributed by atoms with Gasteiger partial charge < -0.3 is 4.90 Å². The van der Waals surface area contributed by atoms with Crippen molar-refractivity contribution in [2.45, 2.75) is 19.9 Å². The summed E-state index contributed by atoms with van der Waals surface area (Å²) in [5.74, 6) is -0.275. The molecule has 0 aliphatic rings. The van der Waals surface area contributed by atoms with Crippen LogP contribution in [0, 0.1) is 5.82 Å². The number of hydrogen-bond donors (Lipinski definition) is 1. The van der Waals surface area contributed by atoms with Crippen LogP contribution in [-0.4, -0.2) is 26.5 Å². The van der Waals surface area contributed by atoms with Crippen LogP contribution in [0.15, 0.2) is 66.7 Å². The molecule has 4 aromatic rings. The summed E-state index contributed by atoms with van der Waals surface area (Å²) in [7, 11) is 0. The molecule has 0 fully saturated rings. The third kappa shape index (κ3) is 4.62. The van der Waals surface area contributed by atoms with E-state index in [1.54, 1.807) is 17.9 Å². The third-order valence-electron chi connectivity index (χ3n) is 4.90. The number of nitrogens with one attached hydrogen (secondary N) is 1. The second kappa shape index (κ2) is 9.06. The normalized spacial score (nSPS) is 10.8. The highest BCUT2D eigenvalue weighted by Gasteiger charge is 2.18. The molecule has 156 valence electrons. The Kier molecular flexibility index (Phi) is 6.04. The van der Waals surface area contributed by atoms with Gasteiger partial charge in [0, 0.05) is 28.3 Å². The molecule has 0 unspecified atom stereocenters. The van der Waals surface area contributed by atoms with Crippen molar-refractivity contribution in [3.8, 4) is 22.5 Å². The number of carbonyl (C=O) groups is 1. The van der Waals surface area contributed by atoms with E-state index >= 15 is 0 Å². The molecule has 3 aromatic carbocycles. The molecule has 8 heteroatoms. The van der Waals surface area contributed by atoms with Gasteiger partial charge in [0.15, 0.2) is 5.82 Å². The maximum atomic E-state index is 14.3. The number of nitrogens with zero attached hydrogens (tertiary/aromatic N) is 4. The van der Waals surface area contributed by atoms with Crippen LogP contribution >= 0.6 is 11.6 Å². The molecule has 0 bridgehead atoms. The Morgan fingerprint density at radius 1 is 1.06 bits per heavy atom. The van der Waals surface area contributed by atoms with Gasteiger partial charge in [-0.25, -0.2) is 9.49 Å². The monoisotopic (exact) mass is 435 g/mol. The molecule has 0 radical (unpaired) electrons. The number of anilines is 1. The first-order valence-corrected chi connectivity index (χ1v) is 10.1. The Bertz CT molecular complexity index is 1200. The Morgan fingerprint density at radius 2 is 1.84 bits per heavy atom. The summed E-state index contributed by atoms with van der Waals surface area (Å²) < 4.78 is 14.3. The summed E-state index contributed by atoms with van der Waals surface area (Å²) in [6, 6.07) is 19.8. The molecule has 0 atom stereocenters. The van der Waals surface area contributed by atoms with E-state index in [1.165, 1.54) is 12.1 Å². The molecule has 0 saturated carbocycles. The topological polar surface area (TPSA) is 74.8 Å². The van der Waals surface area contributed by atoms with Gasteiger partial charge >= 0.3 is 0 Å². The van der Waals surface area contributed by atoms with Gasteiger partial charge in [0.2, 0.25) is 5.91 Å². The molecule has 0 saturated heterocycles. The standard InChI is InChI=1S/C23H19ClFN5O/c1-2-22(31)30(19-12-17(11-18(25)13-19)23-26-28-29-27-23)14-15-7-9-16(10-8-15)20-5-3-4-6-21(20)24/h3-13H,2,14H2,1H3,(H,26,27,28,29). The van der Waals surface area contributed by atoms with Crippen molar-refractivity contribution in [1.82, 2.24) is 20.6 Å². The van der Waals surface area contributed by atoms with E-state index in [0.29, 0.717) is 28.6 Å². The number of carbonyl (C=O) groups excluding carboxylic acids is 1. The van der Waals surface area contributed by atoms with Gasteiger partial charge in [-0.3, -0.25) is 4.79 Å². The van der Waals surface area contributed by atoms with Gasteiger partial charge in [-0.2, -0.15) is 0 Å². The van der Waals surface area contributed by atoms with Gasteiger partial charge in [-0.15, -0.1) is 5.10 Å². The lowest BCUT2D eigenvalue weighted by molar-refractivity contribution is -0.118. The maximum absolute atomic E-state index is 14.3. The van der Waals surface area contributed by atoms with E-state index in [0.717, 1.165) is 16.7 Å². The Hall–Kier alpha value is -3.58.